The standard InChI is InChI=1S/C11H11ClN2O2/c1-6-3-7(12)4-8(11(6)16-2)9-5-10(15)14-13-9/h3-5H,1-2H3,(H2,13,14,15). The third-order valence-electron chi connectivity index (χ3n) is 2.33. The molecule has 4 nitrogen and oxygen atoms in total. The maximum absolute atomic E-state index is 11.1. The number of benzene rings is 1. The van der Waals surface area contributed by atoms with Crippen molar-refractivity contribution in [1.82, 2.24) is 10.2 Å². The molecule has 16 heavy (non-hydrogen) atoms. The highest BCUT2D eigenvalue weighted by atomic mass is 35.5. The Balaban J connectivity index is 2.67. The largest absolute Gasteiger partial charge is 0.496 e. The van der Waals surface area contributed by atoms with Crippen LogP contribution in [0.1, 0.15) is 5.56 Å². The number of aromatic nitrogens is 2. The molecule has 2 rings (SSSR count). The van der Waals surface area contributed by atoms with Crippen LogP contribution in [0.15, 0.2) is 23.0 Å². The van der Waals surface area contributed by atoms with Crippen molar-refractivity contribution < 1.29 is 4.74 Å². The second kappa shape index (κ2) is 4.06. The van der Waals surface area contributed by atoms with Crippen LogP contribution in [0.3, 0.4) is 0 Å². The predicted molar refractivity (Wildman–Crippen MR) is 63.1 cm³/mol. The highest BCUT2D eigenvalue weighted by Crippen LogP contribution is 2.33. The number of aryl methyl sites for hydroxylation is 1. The molecule has 1 aromatic heterocycles. The molecule has 0 aliphatic rings. The Morgan fingerprint density at radius 1 is 1.25 bits per heavy atom. The van der Waals surface area contributed by atoms with Gasteiger partial charge in [-0.15, -0.1) is 0 Å². The molecular formula is C11H11ClN2O2. The van der Waals surface area contributed by atoms with Crippen LogP contribution in [0.5, 0.6) is 5.75 Å². The van der Waals surface area contributed by atoms with E-state index in [2.05, 4.69) is 10.2 Å². The van der Waals surface area contributed by atoms with Gasteiger partial charge in [0.15, 0.2) is 0 Å². The Hall–Kier alpha value is -1.68. The highest BCUT2D eigenvalue weighted by molar-refractivity contribution is 6.31. The molecule has 2 aromatic rings. The zero-order valence-corrected chi connectivity index (χ0v) is 9.68. The number of methoxy groups -OCH3 is 1. The van der Waals surface area contributed by atoms with Gasteiger partial charge >= 0.3 is 0 Å². The molecule has 0 aliphatic carbocycles. The minimum atomic E-state index is -0.185. The Labute approximate surface area is 97.2 Å². The van der Waals surface area contributed by atoms with Gasteiger partial charge in [-0.3, -0.25) is 15.0 Å². The summed E-state index contributed by atoms with van der Waals surface area (Å²) in [5, 5.41) is 5.86. The number of nitrogens with one attached hydrogen (secondary N) is 2. The molecule has 0 fully saturated rings. The fraction of sp³-hybridized carbons (Fsp3) is 0.182. The normalized spacial score (nSPS) is 10.4. The summed E-state index contributed by atoms with van der Waals surface area (Å²) in [5.41, 5.74) is 2.17. The van der Waals surface area contributed by atoms with Gasteiger partial charge in [0.2, 0.25) is 0 Å². The molecule has 0 aliphatic heterocycles. The van der Waals surface area contributed by atoms with Crippen LogP contribution in [-0.4, -0.2) is 17.3 Å². The molecular weight excluding hydrogens is 228 g/mol. The molecule has 2 N–H and O–H groups in total. The minimum absolute atomic E-state index is 0.185. The average Bonchev–Trinajstić information content (AvgIpc) is 2.63. The Morgan fingerprint density at radius 2 is 2.00 bits per heavy atom. The minimum Gasteiger partial charge on any atom is -0.496 e. The van der Waals surface area contributed by atoms with Gasteiger partial charge in [0.05, 0.1) is 12.8 Å². The topological polar surface area (TPSA) is 57.9 Å². The lowest BCUT2D eigenvalue weighted by molar-refractivity contribution is 0.413. The van der Waals surface area contributed by atoms with E-state index < -0.39 is 0 Å². The van der Waals surface area contributed by atoms with E-state index in [4.69, 9.17) is 16.3 Å². The van der Waals surface area contributed by atoms with Crippen molar-refractivity contribution in [2.45, 2.75) is 6.92 Å². The van der Waals surface area contributed by atoms with Gasteiger partial charge in [0.1, 0.15) is 5.75 Å². The van der Waals surface area contributed by atoms with E-state index in [1.54, 1.807) is 13.2 Å². The fourth-order valence-corrected chi connectivity index (χ4v) is 1.95. The fourth-order valence-electron chi connectivity index (χ4n) is 1.68. The van der Waals surface area contributed by atoms with E-state index in [0.29, 0.717) is 16.5 Å². The van der Waals surface area contributed by atoms with Gasteiger partial charge in [0.25, 0.3) is 5.56 Å². The van der Waals surface area contributed by atoms with Crippen LogP contribution in [0.25, 0.3) is 11.3 Å². The van der Waals surface area contributed by atoms with Crippen molar-refractivity contribution in [3.8, 4) is 17.0 Å². The van der Waals surface area contributed by atoms with Gasteiger partial charge < -0.3 is 4.74 Å². The average molecular weight is 239 g/mol. The van der Waals surface area contributed by atoms with Gasteiger partial charge in [0, 0.05) is 16.7 Å². The maximum Gasteiger partial charge on any atom is 0.264 e. The molecule has 0 bridgehead atoms. The first-order valence-corrected chi connectivity index (χ1v) is 5.12. The molecule has 0 saturated heterocycles. The molecule has 0 amide bonds. The first-order chi connectivity index (χ1) is 7.61. The van der Waals surface area contributed by atoms with Crippen molar-refractivity contribution in [3.05, 3.63) is 39.1 Å². The molecule has 0 atom stereocenters. The monoisotopic (exact) mass is 238 g/mol. The summed E-state index contributed by atoms with van der Waals surface area (Å²) < 4.78 is 5.30. The summed E-state index contributed by atoms with van der Waals surface area (Å²) in [6, 6.07) is 5.04. The summed E-state index contributed by atoms with van der Waals surface area (Å²) in [6.07, 6.45) is 0. The van der Waals surface area contributed by atoms with Gasteiger partial charge in [-0.1, -0.05) is 11.6 Å². The zero-order chi connectivity index (χ0) is 11.7. The first-order valence-electron chi connectivity index (χ1n) is 4.74. The van der Waals surface area contributed by atoms with Crippen molar-refractivity contribution in [2.75, 3.05) is 7.11 Å². The number of aromatic amines is 2. The first kappa shape index (κ1) is 10.8. The number of hydrogen-bond donors (Lipinski definition) is 2. The summed E-state index contributed by atoms with van der Waals surface area (Å²) in [4.78, 5) is 11.1. The lowest BCUT2D eigenvalue weighted by atomic mass is 10.1. The van der Waals surface area contributed by atoms with E-state index in [1.807, 2.05) is 13.0 Å². The van der Waals surface area contributed by atoms with Crippen LogP contribution < -0.4 is 10.3 Å². The molecule has 0 unspecified atom stereocenters. The van der Waals surface area contributed by atoms with Crippen molar-refractivity contribution in [1.29, 1.82) is 0 Å². The van der Waals surface area contributed by atoms with E-state index in [9.17, 15) is 4.79 Å². The number of halogens is 1. The predicted octanol–water partition coefficient (Wildman–Crippen LogP) is 2.34. The van der Waals surface area contributed by atoms with Crippen LogP contribution in [-0.2, 0) is 0 Å². The third-order valence-corrected chi connectivity index (χ3v) is 2.55. The van der Waals surface area contributed by atoms with Crippen LogP contribution in [0.4, 0.5) is 0 Å². The highest BCUT2D eigenvalue weighted by Gasteiger charge is 2.11. The SMILES string of the molecule is COc1c(C)cc(Cl)cc1-c1cc(=O)[nH][nH]1. The van der Waals surface area contributed by atoms with Crippen LogP contribution in [0, 0.1) is 6.92 Å². The molecule has 0 radical (unpaired) electrons. The summed E-state index contributed by atoms with van der Waals surface area (Å²) in [7, 11) is 1.59. The molecule has 0 spiro atoms. The van der Waals surface area contributed by atoms with E-state index in [0.717, 1.165) is 11.1 Å². The second-order valence-corrected chi connectivity index (χ2v) is 3.91. The van der Waals surface area contributed by atoms with Crippen molar-refractivity contribution in [2.24, 2.45) is 0 Å². The van der Waals surface area contributed by atoms with Crippen molar-refractivity contribution in [3.63, 3.8) is 0 Å². The lowest BCUT2D eigenvalue weighted by Crippen LogP contribution is -1.94. The van der Waals surface area contributed by atoms with Gasteiger partial charge in [-0.2, -0.15) is 0 Å². The lowest BCUT2D eigenvalue weighted by Gasteiger charge is -2.10. The maximum atomic E-state index is 11.1. The molecule has 1 aromatic carbocycles. The Kier molecular flexibility index (Phi) is 2.75. The van der Waals surface area contributed by atoms with Crippen LogP contribution in [0.2, 0.25) is 5.02 Å². The summed E-state index contributed by atoms with van der Waals surface area (Å²) in [6.45, 7) is 1.90. The number of hydrogen-bond acceptors (Lipinski definition) is 2. The summed E-state index contributed by atoms with van der Waals surface area (Å²) >= 11 is 5.98. The Morgan fingerprint density at radius 3 is 2.56 bits per heavy atom. The number of H-pyrrole nitrogens is 2. The molecule has 84 valence electrons. The van der Waals surface area contributed by atoms with E-state index >= 15 is 0 Å². The third kappa shape index (κ3) is 1.84. The molecule has 0 saturated carbocycles. The van der Waals surface area contributed by atoms with E-state index in [1.165, 1.54) is 6.07 Å². The summed E-state index contributed by atoms with van der Waals surface area (Å²) in [5.74, 6) is 0.708. The van der Waals surface area contributed by atoms with Crippen LogP contribution >= 0.6 is 11.6 Å². The number of rotatable bonds is 2. The molecule has 5 heteroatoms. The zero-order valence-electron chi connectivity index (χ0n) is 8.93. The molecule has 1 heterocycles. The van der Waals surface area contributed by atoms with Gasteiger partial charge in [-0.05, 0) is 24.6 Å². The smallest absolute Gasteiger partial charge is 0.264 e. The van der Waals surface area contributed by atoms with E-state index in [-0.39, 0.29) is 5.56 Å². The quantitative estimate of drug-likeness (QED) is 0.844. The second-order valence-electron chi connectivity index (χ2n) is 3.48. The van der Waals surface area contributed by atoms with Crippen molar-refractivity contribution >= 4 is 11.6 Å². The Bertz CT molecular complexity index is 572. The number of ether oxygens (including phenoxy) is 1. The van der Waals surface area contributed by atoms with Gasteiger partial charge in [-0.25, -0.2) is 0 Å².